The van der Waals surface area contributed by atoms with Gasteiger partial charge in [0.25, 0.3) is 10.2 Å². The summed E-state index contributed by atoms with van der Waals surface area (Å²) in [6, 6.07) is -0.0776. The lowest BCUT2D eigenvalue weighted by Crippen LogP contribution is -2.56. The predicted octanol–water partition coefficient (Wildman–Crippen LogP) is 0.272. The van der Waals surface area contributed by atoms with Gasteiger partial charge in [0.1, 0.15) is 0 Å². The van der Waals surface area contributed by atoms with Crippen LogP contribution in [0.25, 0.3) is 0 Å². The molecule has 2 saturated heterocycles. The Morgan fingerprint density at radius 3 is 2.50 bits per heavy atom. The zero-order valence-corrected chi connectivity index (χ0v) is 13.5. The van der Waals surface area contributed by atoms with E-state index in [1.165, 1.54) is 0 Å². The molecule has 0 bridgehead atoms. The molecule has 2 fully saturated rings. The van der Waals surface area contributed by atoms with Gasteiger partial charge < -0.3 is 10.1 Å². The number of rotatable bonds is 4. The van der Waals surface area contributed by atoms with E-state index in [0.717, 1.165) is 19.4 Å². The summed E-state index contributed by atoms with van der Waals surface area (Å²) in [6.45, 7) is 7.01. The molecule has 2 heterocycles. The average molecular weight is 305 g/mol. The summed E-state index contributed by atoms with van der Waals surface area (Å²) < 4.78 is 34.3. The molecular formula is C13H27N3O3S. The van der Waals surface area contributed by atoms with Crippen LogP contribution in [0.3, 0.4) is 0 Å². The van der Waals surface area contributed by atoms with Crippen molar-refractivity contribution in [1.82, 2.24) is 13.9 Å². The van der Waals surface area contributed by atoms with Crippen LogP contribution in [0.15, 0.2) is 0 Å². The Balaban J connectivity index is 2.00. The number of piperidine rings is 1. The van der Waals surface area contributed by atoms with Crippen molar-refractivity contribution in [3.05, 3.63) is 0 Å². The maximum Gasteiger partial charge on any atom is 0.282 e. The Bertz CT molecular complexity index is 407. The first-order valence-corrected chi connectivity index (χ1v) is 8.88. The molecular weight excluding hydrogens is 278 g/mol. The van der Waals surface area contributed by atoms with E-state index in [1.54, 1.807) is 8.61 Å². The van der Waals surface area contributed by atoms with Crippen LogP contribution in [0.1, 0.15) is 26.7 Å². The van der Waals surface area contributed by atoms with E-state index >= 15 is 0 Å². The molecule has 0 aromatic carbocycles. The minimum absolute atomic E-state index is 0.0252. The summed E-state index contributed by atoms with van der Waals surface area (Å²) in [5, 5.41) is 3.17. The van der Waals surface area contributed by atoms with Crippen LogP contribution in [0.5, 0.6) is 0 Å². The molecule has 0 aliphatic carbocycles. The van der Waals surface area contributed by atoms with Gasteiger partial charge in [-0.25, -0.2) is 0 Å². The fourth-order valence-electron chi connectivity index (χ4n) is 2.98. The molecule has 1 N–H and O–H groups in total. The van der Waals surface area contributed by atoms with Crippen molar-refractivity contribution in [2.24, 2.45) is 5.92 Å². The summed E-state index contributed by atoms with van der Waals surface area (Å²) in [4.78, 5) is 0. The lowest BCUT2D eigenvalue weighted by Gasteiger charge is -2.40. The van der Waals surface area contributed by atoms with E-state index < -0.39 is 10.2 Å². The van der Waals surface area contributed by atoms with Crippen molar-refractivity contribution in [1.29, 1.82) is 0 Å². The van der Waals surface area contributed by atoms with Crippen LogP contribution >= 0.6 is 0 Å². The molecule has 0 aromatic rings. The lowest BCUT2D eigenvalue weighted by atomic mass is 9.98. The molecule has 0 aromatic heterocycles. The van der Waals surface area contributed by atoms with Gasteiger partial charge in [-0.1, -0.05) is 0 Å². The zero-order chi connectivity index (χ0) is 14.8. The SMILES string of the molecule is CNCC1CCN(S(=O)(=O)N2C[C@@H](C)OC[C@@H]2C)CC1. The second-order valence-corrected chi connectivity index (χ2v) is 7.85. The average Bonchev–Trinajstić information content (AvgIpc) is 2.42. The maximum atomic E-state index is 12.7. The van der Waals surface area contributed by atoms with E-state index in [4.69, 9.17) is 4.74 Å². The maximum absolute atomic E-state index is 12.7. The van der Waals surface area contributed by atoms with Crippen LogP contribution < -0.4 is 5.32 Å². The smallest absolute Gasteiger partial charge is 0.282 e. The molecule has 118 valence electrons. The summed E-state index contributed by atoms with van der Waals surface area (Å²) in [7, 11) is -1.39. The molecule has 6 nitrogen and oxygen atoms in total. The fourth-order valence-corrected chi connectivity index (χ4v) is 4.86. The minimum Gasteiger partial charge on any atom is -0.375 e. The Morgan fingerprint density at radius 2 is 1.90 bits per heavy atom. The predicted molar refractivity (Wildman–Crippen MR) is 78.7 cm³/mol. The largest absolute Gasteiger partial charge is 0.375 e. The van der Waals surface area contributed by atoms with E-state index in [-0.39, 0.29) is 12.1 Å². The normalized spacial score (nSPS) is 31.6. The molecule has 0 saturated carbocycles. The van der Waals surface area contributed by atoms with E-state index in [0.29, 0.717) is 32.2 Å². The highest BCUT2D eigenvalue weighted by atomic mass is 32.2. The van der Waals surface area contributed by atoms with Gasteiger partial charge in [0.05, 0.1) is 12.7 Å². The first-order valence-electron chi connectivity index (χ1n) is 7.48. The third-order valence-corrected chi connectivity index (χ3v) is 6.36. The third kappa shape index (κ3) is 3.51. The standard InChI is InChI=1S/C13H27N3O3S/c1-11-10-19-12(2)9-16(11)20(17,18)15-6-4-13(5-7-15)8-14-3/h11-14H,4-10H2,1-3H3/t11-,12+/m0/s1. The minimum atomic E-state index is -3.34. The molecule has 2 rings (SSSR count). The van der Waals surface area contributed by atoms with Gasteiger partial charge in [-0.3, -0.25) is 0 Å². The topological polar surface area (TPSA) is 61.9 Å². The Morgan fingerprint density at radius 1 is 1.25 bits per heavy atom. The molecule has 20 heavy (non-hydrogen) atoms. The lowest BCUT2D eigenvalue weighted by molar-refractivity contribution is -0.0194. The summed E-state index contributed by atoms with van der Waals surface area (Å²) in [6.07, 6.45) is 1.85. The number of ether oxygens (including phenoxy) is 1. The highest BCUT2D eigenvalue weighted by molar-refractivity contribution is 7.86. The van der Waals surface area contributed by atoms with Crippen molar-refractivity contribution >= 4 is 10.2 Å². The second kappa shape index (κ2) is 6.70. The van der Waals surface area contributed by atoms with E-state index in [2.05, 4.69) is 5.32 Å². The monoisotopic (exact) mass is 305 g/mol. The van der Waals surface area contributed by atoms with Gasteiger partial charge in [-0.2, -0.15) is 17.0 Å². The molecule has 2 aliphatic rings. The van der Waals surface area contributed by atoms with Crippen molar-refractivity contribution in [2.75, 3.05) is 39.8 Å². The summed E-state index contributed by atoms with van der Waals surface area (Å²) in [5.41, 5.74) is 0. The van der Waals surface area contributed by atoms with Crippen LogP contribution in [0.2, 0.25) is 0 Å². The van der Waals surface area contributed by atoms with Crippen LogP contribution in [0.4, 0.5) is 0 Å². The third-order valence-electron chi connectivity index (χ3n) is 4.24. The van der Waals surface area contributed by atoms with Gasteiger partial charge in [0.2, 0.25) is 0 Å². The highest BCUT2D eigenvalue weighted by Crippen LogP contribution is 2.24. The number of hydrogen-bond acceptors (Lipinski definition) is 4. The number of morpholine rings is 1. The van der Waals surface area contributed by atoms with Gasteiger partial charge in [-0.05, 0) is 46.2 Å². The first kappa shape index (κ1) is 16.2. The molecule has 0 unspecified atom stereocenters. The van der Waals surface area contributed by atoms with Crippen LogP contribution in [-0.2, 0) is 14.9 Å². The van der Waals surface area contributed by atoms with Crippen molar-refractivity contribution in [3.8, 4) is 0 Å². The zero-order valence-electron chi connectivity index (χ0n) is 12.7. The quantitative estimate of drug-likeness (QED) is 0.810. The van der Waals surface area contributed by atoms with Crippen LogP contribution in [-0.4, -0.2) is 69.0 Å². The fraction of sp³-hybridized carbons (Fsp3) is 1.00. The van der Waals surface area contributed by atoms with Gasteiger partial charge in [0, 0.05) is 25.7 Å². The van der Waals surface area contributed by atoms with Gasteiger partial charge in [-0.15, -0.1) is 0 Å². The van der Waals surface area contributed by atoms with Crippen molar-refractivity contribution < 1.29 is 13.2 Å². The van der Waals surface area contributed by atoms with E-state index in [1.807, 2.05) is 20.9 Å². The Labute approximate surface area is 122 Å². The number of nitrogens with zero attached hydrogens (tertiary/aromatic N) is 2. The Hall–Kier alpha value is -0.210. The summed E-state index contributed by atoms with van der Waals surface area (Å²) in [5.74, 6) is 0.590. The molecule has 2 aliphatic heterocycles. The van der Waals surface area contributed by atoms with Gasteiger partial charge >= 0.3 is 0 Å². The van der Waals surface area contributed by atoms with Crippen LogP contribution in [0, 0.1) is 5.92 Å². The molecule has 0 spiro atoms. The number of hydrogen-bond donors (Lipinski definition) is 1. The Kier molecular flexibility index (Phi) is 5.42. The van der Waals surface area contributed by atoms with Crippen molar-refractivity contribution in [3.63, 3.8) is 0 Å². The first-order chi connectivity index (χ1) is 9.45. The second-order valence-electron chi connectivity index (χ2n) is 5.97. The van der Waals surface area contributed by atoms with E-state index in [9.17, 15) is 8.42 Å². The summed E-state index contributed by atoms with van der Waals surface area (Å²) >= 11 is 0. The molecule has 0 amide bonds. The molecule has 0 radical (unpaired) electrons. The van der Waals surface area contributed by atoms with Crippen molar-refractivity contribution in [2.45, 2.75) is 38.8 Å². The molecule has 7 heteroatoms. The molecule has 2 atom stereocenters. The number of nitrogens with one attached hydrogen (secondary N) is 1. The highest BCUT2D eigenvalue weighted by Gasteiger charge is 2.38. The van der Waals surface area contributed by atoms with Gasteiger partial charge in [0.15, 0.2) is 0 Å².